The van der Waals surface area contributed by atoms with Crippen LogP contribution in [0.15, 0.2) is 72.5 Å². The average molecular weight is 308 g/mol. The van der Waals surface area contributed by atoms with Crippen LogP contribution in [0.5, 0.6) is 0 Å². The molecule has 3 heterocycles. The van der Waals surface area contributed by atoms with Gasteiger partial charge in [-0.3, -0.25) is 0 Å². The molecular weight excluding hydrogens is 292 g/mol. The number of rotatable bonds is 0. The standard InChI is InChI=1S/C22H16N2/c1-2-7-15-8-6-12-21-18(15)14-19-17-10-4-5-11-20(17)24-22(19)13-16(23-21)9-3-1/h1-14,23-24H/b2-1-,3-1?,7-2?,9-3+,15-7-,16-9?,16-13?,18-14-,19-14?,22-13?. The van der Waals surface area contributed by atoms with Crippen LogP contribution in [-0.4, -0.2) is 4.98 Å². The summed E-state index contributed by atoms with van der Waals surface area (Å²) in [4.78, 5) is 3.55. The van der Waals surface area contributed by atoms with Crippen molar-refractivity contribution in [2.45, 2.75) is 0 Å². The fourth-order valence-corrected chi connectivity index (χ4v) is 3.42. The molecule has 0 saturated carbocycles. The summed E-state index contributed by atoms with van der Waals surface area (Å²) in [5.41, 5.74) is 5.74. The predicted molar refractivity (Wildman–Crippen MR) is 102 cm³/mol. The maximum atomic E-state index is 3.56. The summed E-state index contributed by atoms with van der Waals surface area (Å²) in [5, 5.41) is 7.24. The Morgan fingerprint density at radius 2 is 1.75 bits per heavy atom. The van der Waals surface area contributed by atoms with Crippen LogP contribution in [0.25, 0.3) is 29.1 Å². The Hall–Kier alpha value is -3.26. The minimum absolute atomic E-state index is 1.07. The number of hydrogen-bond donors (Lipinski definition) is 2. The summed E-state index contributed by atoms with van der Waals surface area (Å²) in [6.45, 7) is 0. The monoisotopic (exact) mass is 308 g/mol. The first-order valence-electron chi connectivity index (χ1n) is 8.14. The van der Waals surface area contributed by atoms with E-state index in [1.807, 2.05) is 0 Å². The Bertz CT molecular complexity index is 1170. The number of aromatic amines is 1. The largest absolute Gasteiger partial charge is 0.355 e. The molecule has 0 fully saturated rings. The maximum absolute atomic E-state index is 3.56. The van der Waals surface area contributed by atoms with Gasteiger partial charge in [0.15, 0.2) is 0 Å². The first-order valence-corrected chi connectivity index (χ1v) is 8.14. The highest BCUT2D eigenvalue weighted by Crippen LogP contribution is 2.26. The Morgan fingerprint density at radius 1 is 0.792 bits per heavy atom. The van der Waals surface area contributed by atoms with Gasteiger partial charge in [-0.15, -0.1) is 0 Å². The van der Waals surface area contributed by atoms with Crippen molar-refractivity contribution in [2.75, 3.05) is 5.32 Å². The summed E-state index contributed by atoms with van der Waals surface area (Å²) in [7, 11) is 0. The van der Waals surface area contributed by atoms with Gasteiger partial charge in [0.2, 0.25) is 0 Å². The van der Waals surface area contributed by atoms with Gasteiger partial charge in [-0.05, 0) is 35.6 Å². The molecule has 0 amide bonds. The predicted octanol–water partition coefficient (Wildman–Crippen LogP) is 3.67. The molecule has 2 nitrogen and oxygen atoms in total. The quantitative estimate of drug-likeness (QED) is 0.651. The molecule has 3 aromatic rings. The molecule has 114 valence electrons. The highest BCUT2D eigenvalue weighted by molar-refractivity contribution is 5.94. The van der Waals surface area contributed by atoms with Gasteiger partial charge in [-0.1, -0.05) is 54.6 Å². The number of nitrogens with one attached hydrogen (secondary N) is 2. The summed E-state index contributed by atoms with van der Waals surface area (Å²) in [6.07, 6.45) is 14.9. The van der Waals surface area contributed by atoms with Gasteiger partial charge in [-0.2, -0.15) is 0 Å². The molecule has 0 radical (unpaired) electrons. The van der Waals surface area contributed by atoms with E-state index in [2.05, 4.69) is 95.3 Å². The minimum Gasteiger partial charge on any atom is -0.355 e. The average Bonchev–Trinajstić information content (AvgIpc) is 2.90. The first-order chi connectivity index (χ1) is 11.9. The Kier molecular flexibility index (Phi) is 2.83. The normalized spacial score (nSPS) is 20.2. The molecule has 1 aromatic heterocycles. The van der Waals surface area contributed by atoms with Crippen LogP contribution in [0, 0.1) is 0 Å². The van der Waals surface area contributed by atoms with E-state index in [-0.39, 0.29) is 0 Å². The smallest absolute Gasteiger partial charge is 0.0485 e. The lowest BCUT2D eigenvalue weighted by Gasteiger charge is -2.13. The van der Waals surface area contributed by atoms with Crippen LogP contribution in [0.4, 0.5) is 5.69 Å². The minimum atomic E-state index is 1.07. The molecule has 5 rings (SSSR count). The second-order valence-corrected chi connectivity index (χ2v) is 6.09. The van der Waals surface area contributed by atoms with Crippen molar-refractivity contribution in [3.05, 3.63) is 94.2 Å². The number of fused-ring (bicyclic) bond motifs is 4. The highest BCUT2D eigenvalue weighted by atomic mass is 14.9. The van der Waals surface area contributed by atoms with Gasteiger partial charge in [0, 0.05) is 38.8 Å². The van der Waals surface area contributed by atoms with Gasteiger partial charge in [0.1, 0.15) is 0 Å². The molecule has 2 aliphatic heterocycles. The maximum Gasteiger partial charge on any atom is 0.0485 e. The van der Waals surface area contributed by atoms with E-state index in [1.54, 1.807) is 0 Å². The van der Waals surface area contributed by atoms with Gasteiger partial charge >= 0.3 is 0 Å². The SMILES string of the molecule is C1=C2/C=C/C=C\C=c3\cccc(\c3=C/c3c1[nH]c1ccccc31)N2. The Labute approximate surface area is 139 Å². The summed E-state index contributed by atoms with van der Waals surface area (Å²) >= 11 is 0. The molecule has 0 aliphatic carbocycles. The van der Waals surface area contributed by atoms with Crippen LogP contribution in [-0.2, 0) is 0 Å². The molecular formula is C22H16N2. The highest BCUT2D eigenvalue weighted by Gasteiger charge is 2.11. The van der Waals surface area contributed by atoms with Crippen LogP contribution in [0.3, 0.4) is 0 Å². The van der Waals surface area contributed by atoms with Gasteiger partial charge in [0.25, 0.3) is 0 Å². The van der Waals surface area contributed by atoms with E-state index in [0.29, 0.717) is 0 Å². The topological polar surface area (TPSA) is 27.8 Å². The number of aromatic nitrogens is 1. The Morgan fingerprint density at radius 3 is 2.75 bits per heavy atom. The molecule has 24 heavy (non-hydrogen) atoms. The third-order valence-corrected chi connectivity index (χ3v) is 4.56. The van der Waals surface area contributed by atoms with Crippen molar-refractivity contribution in [3.63, 3.8) is 0 Å². The van der Waals surface area contributed by atoms with Crippen molar-refractivity contribution in [1.29, 1.82) is 0 Å². The molecule has 2 aliphatic rings. The van der Waals surface area contributed by atoms with E-state index in [9.17, 15) is 0 Å². The summed E-state index contributed by atoms with van der Waals surface area (Å²) < 4.78 is 0. The molecule has 4 bridgehead atoms. The third-order valence-electron chi connectivity index (χ3n) is 4.56. The number of H-pyrrole nitrogens is 1. The van der Waals surface area contributed by atoms with Gasteiger partial charge in [0.05, 0.1) is 0 Å². The molecule has 2 N–H and O–H groups in total. The summed E-state index contributed by atoms with van der Waals surface area (Å²) in [6, 6.07) is 14.9. The second kappa shape index (κ2) is 5.14. The fourth-order valence-electron chi connectivity index (χ4n) is 3.42. The second-order valence-electron chi connectivity index (χ2n) is 6.09. The number of para-hydroxylation sites is 1. The van der Waals surface area contributed by atoms with Crippen LogP contribution in [0.1, 0.15) is 11.3 Å². The zero-order chi connectivity index (χ0) is 15.9. The van der Waals surface area contributed by atoms with Gasteiger partial charge in [-0.25, -0.2) is 0 Å². The van der Waals surface area contributed by atoms with Crippen LogP contribution in [0.2, 0.25) is 0 Å². The first kappa shape index (κ1) is 13.2. The molecule has 0 atom stereocenters. The van der Waals surface area contributed by atoms with Crippen molar-refractivity contribution < 1.29 is 0 Å². The zero-order valence-electron chi connectivity index (χ0n) is 13.1. The van der Waals surface area contributed by atoms with Crippen molar-refractivity contribution in [3.8, 4) is 0 Å². The van der Waals surface area contributed by atoms with Crippen molar-refractivity contribution >= 4 is 34.8 Å². The van der Waals surface area contributed by atoms with Crippen molar-refractivity contribution in [1.82, 2.24) is 4.98 Å². The van der Waals surface area contributed by atoms with E-state index >= 15 is 0 Å². The molecule has 0 unspecified atom stereocenters. The van der Waals surface area contributed by atoms with Gasteiger partial charge < -0.3 is 10.3 Å². The Balaban J connectivity index is 2.00. The van der Waals surface area contributed by atoms with E-state index in [0.717, 1.165) is 22.6 Å². The zero-order valence-corrected chi connectivity index (χ0v) is 13.1. The summed E-state index contributed by atoms with van der Waals surface area (Å²) in [5.74, 6) is 0. The van der Waals surface area contributed by atoms with Crippen LogP contribution >= 0.6 is 0 Å². The number of benzene rings is 2. The molecule has 2 aromatic carbocycles. The lowest BCUT2D eigenvalue weighted by Crippen LogP contribution is -2.28. The lowest BCUT2D eigenvalue weighted by atomic mass is 10.0. The molecule has 2 heteroatoms. The van der Waals surface area contributed by atoms with E-state index in [1.165, 1.54) is 21.4 Å². The van der Waals surface area contributed by atoms with Crippen LogP contribution < -0.4 is 15.8 Å². The molecule has 0 saturated heterocycles. The van der Waals surface area contributed by atoms with E-state index in [4.69, 9.17) is 0 Å². The number of hydrogen-bond acceptors (Lipinski definition) is 1. The van der Waals surface area contributed by atoms with Crippen molar-refractivity contribution in [2.24, 2.45) is 0 Å². The number of allylic oxidation sites excluding steroid dienone is 4. The fraction of sp³-hybridized carbons (Fsp3) is 0. The van der Waals surface area contributed by atoms with E-state index < -0.39 is 0 Å². The number of anilines is 1. The lowest BCUT2D eigenvalue weighted by molar-refractivity contribution is 1.37. The molecule has 0 spiro atoms. The third kappa shape index (κ3) is 2.04.